The highest BCUT2D eigenvalue weighted by molar-refractivity contribution is 7.17. The van der Waals surface area contributed by atoms with Gasteiger partial charge in [0.15, 0.2) is 0 Å². The van der Waals surface area contributed by atoms with Gasteiger partial charge in [0.25, 0.3) is 5.91 Å². The number of amides is 1. The molecule has 6 heteroatoms. The highest BCUT2D eigenvalue weighted by Gasteiger charge is 2.43. The van der Waals surface area contributed by atoms with E-state index in [9.17, 15) is 9.18 Å². The van der Waals surface area contributed by atoms with E-state index in [0.29, 0.717) is 4.88 Å². The summed E-state index contributed by atoms with van der Waals surface area (Å²) in [5.41, 5.74) is 1.72. The molecule has 3 aromatic rings. The Labute approximate surface area is 185 Å². The molecule has 2 aliphatic rings. The van der Waals surface area contributed by atoms with Gasteiger partial charge >= 0.3 is 0 Å². The quantitative estimate of drug-likeness (QED) is 0.608. The van der Waals surface area contributed by atoms with E-state index in [1.165, 1.54) is 23.5 Å². The van der Waals surface area contributed by atoms with Crippen LogP contribution in [0.1, 0.15) is 40.5 Å². The number of benzene rings is 2. The summed E-state index contributed by atoms with van der Waals surface area (Å²) in [6.45, 7) is 1.99. The number of para-hydroxylation sites is 1. The van der Waals surface area contributed by atoms with Crippen molar-refractivity contribution in [3.05, 3.63) is 76.9 Å². The first-order chi connectivity index (χ1) is 15.0. The summed E-state index contributed by atoms with van der Waals surface area (Å²) in [5.74, 6) is 0.532. The molecule has 1 N–H and O–H groups in total. The van der Waals surface area contributed by atoms with Crippen LogP contribution in [0.4, 0.5) is 4.39 Å². The van der Waals surface area contributed by atoms with Crippen LogP contribution in [-0.2, 0) is 0 Å². The Morgan fingerprint density at radius 3 is 2.61 bits per heavy atom. The van der Waals surface area contributed by atoms with Crippen molar-refractivity contribution in [3.8, 4) is 16.2 Å². The Kier molecular flexibility index (Phi) is 5.28. The second-order valence-corrected chi connectivity index (χ2v) is 9.61. The maximum absolute atomic E-state index is 13.2. The summed E-state index contributed by atoms with van der Waals surface area (Å²) < 4.78 is 19.7. The average molecular weight is 437 g/mol. The fourth-order valence-electron chi connectivity index (χ4n) is 4.54. The Morgan fingerprint density at radius 1 is 1.10 bits per heavy atom. The lowest BCUT2D eigenvalue weighted by Crippen LogP contribution is -2.51. The molecule has 4 nitrogen and oxygen atoms in total. The molecule has 1 unspecified atom stereocenters. The second kappa shape index (κ2) is 8.09. The van der Waals surface area contributed by atoms with Gasteiger partial charge in [-0.15, -0.1) is 11.3 Å². The molecule has 1 atom stereocenters. The minimum atomic E-state index is -0.265. The molecule has 1 aromatic heterocycles. The Bertz CT molecular complexity index is 1090. The third kappa shape index (κ3) is 4.10. The van der Waals surface area contributed by atoms with Crippen LogP contribution in [0.25, 0.3) is 10.4 Å². The normalized spacial score (nSPS) is 20.1. The number of fused-ring (bicyclic) bond motifs is 1. The smallest absolute Gasteiger partial charge is 0.261 e. The van der Waals surface area contributed by atoms with E-state index in [2.05, 4.69) is 17.3 Å². The van der Waals surface area contributed by atoms with Gasteiger partial charge in [0.05, 0.1) is 10.9 Å². The molecular weight excluding hydrogens is 411 g/mol. The minimum Gasteiger partial charge on any atom is -0.487 e. The molecule has 1 saturated heterocycles. The number of hydrogen-bond donors (Lipinski definition) is 1. The van der Waals surface area contributed by atoms with Crippen molar-refractivity contribution in [2.24, 2.45) is 0 Å². The van der Waals surface area contributed by atoms with Crippen molar-refractivity contribution in [1.29, 1.82) is 0 Å². The van der Waals surface area contributed by atoms with Gasteiger partial charge in [-0.1, -0.05) is 30.3 Å². The fraction of sp³-hybridized carbons (Fsp3) is 0.320. The highest BCUT2D eigenvalue weighted by atomic mass is 32.1. The van der Waals surface area contributed by atoms with E-state index in [1.54, 1.807) is 12.1 Å². The molecule has 160 valence electrons. The first kappa shape index (κ1) is 20.2. The van der Waals surface area contributed by atoms with Crippen LogP contribution >= 0.6 is 11.3 Å². The summed E-state index contributed by atoms with van der Waals surface area (Å²) in [6, 6.07) is 18.1. The number of ether oxygens (including phenoxy) is 1. The van der Waals surface area contributed by atoms with E-state index in [4.69, 9.17) is 4.74 Å². The van der Waals surface area contributed by atoms with E-state index >= 15 is 0 Å². The molecule has 1 amide bonds. The summed E-state index contributed by atoms with van der Waals surface area (Å²) in [5, 5.41) is 3.27. The number of halogens is 1. The molecule has 0 bridgehead atoms. The predicted molar refractivity (Wildman–Crippen MR) is 121 cm³/mol. The number of carbonyl (C=O) groups is 1. The van der Waals surface area contributed by atoms with Crippen LogP contribution in [0.3, 0.4) is 0 Å². The van der Waals surface area contributed by atoms with Gasteiger partial charge in [0.1, 0.15) is 17.2 Å². The second-order valence-electron chi connectivity index (χ2n) is 8.53. The number of hydrogen-bond acceptors (Lipinski definition) is 4. The zero-order valence-electron chi connectivity index (χ0n) is 17.4. The number of rotatable bonds is 3. The lowest BCUT2D eigenvalue weighted by Gasteiger charge is -2.46. The van der Waals surface area contributed by atoms with E-state index in [1.807, 2.05) is 36.4 Å². The summed E-state index contributed by atoms with van der Waals surface area (Å²) in [4.78, 5) is 17.1. The maximum Gasteiger partial charge on any atom is 0.261 e. The summed E-state index contributed by atoms with van der Waals surface area (Å²) >= 11 is 1.42. The predicted octanol–water partition coefficient (Wildman–Crippen LogP) is 5.27. The average Bonchev–Trinajstić information content (AvgIpc) is 3.27. The van der Waals surface area contributed by atoms with Crippen molar-refractivity contribution in [2.45, 2.75) is 30.9 Å². The maximum atomic E-state index is 13.2. The summed E-state index contributed by atoms with van der Waals surface area (Å²) in [7, 11) is 2.14. The van der Waals surface area contributed by atoms with Gasteiger partial charge in [-0.05, 0) is 55.8 Å². The molecule has 1 fully saturated rings. The molecular formula is C25H25FN2O2S. The fourth-order valence-corrected chi connectivity index (χ4v) is 5.45. The van der Waals surface area contributed by atoms with Crippen molar-refractivity contribution < 1.29 is 13.9 Å². The van der Waals surface area contributed by atoms with Gasteiger partial charge in [-0.2, -0.15) is 0 Å². The lowest BCUT2D eigenvalue weighted by atomic mass is 9.80. The number of carbonyl (C=O) groups excluding carboxylic acids is 1. The zero-order valence-corrected chi connectivity index (χ0v) is 18.3. The van der Waals surface area contributed by atoms with Crippen LogP contribution in [0.2, 0.25) is 0 Å². The molecule has 0 radical (unpaired) electrons. The van der Waals surface area contributed by atoms with Crippen LogP contribution in [0, 0.1) is 5.82 Å². The minimum absolute atomic E-state index is 0.0804. The van der Waals surface area contributed by atoms with E-state index < -0.39 is 0 Å². The van der Waals surface area contributed by atoms with Gasteiger partial charge in [-0.25, -0.2) is 4.39 Å². The monoisotopic (exact) mass is 436 g/mol. The largest absolute Gasteiger partial charge is 0.487 e. The van der Waals surface area contributed by atoms with Crippen molar-refractivity contribution >= 4 is 17.2 Å². The Balaban J connectivity index is 1.37. The standard InChI is InChI=1S/C25H25FN2O2S/c1-28-14-12-25(13-15-28)16-20(19-4-2-3-5-21(19)30-25)27-24(29)23-11-10-22(31-23)17-6-8-18(26)9-7-17/h2-11,20H,12-16H2,1H3,(H,27,29). The highest BCUT2D eigenvalue weighted by Crippen LogP contribution is 2.44. The van der Waals surface area contributed by atoms with Crippen molar-refractivity contribution in [2.75, 3.05) is 20.1 Å². The molecule has 5 rings (SSSR count). The SMILES string of the molecule is CN1CCC2(CC1)CC(NC(=O)c1ccc(-c3ccc(F)cc3)s1)c1ccccc1O2. The topological polar surface area (TPSA) is 41.6 Å². The van der Waals surface area contributed by atoms with Crippen LogP contribution in [0.5, 0.6) is 5.75 Å². The van der Waals surface area contributed by atoms with Gasteiger partial charge in [0, 0.05) is 30.0 Å². The Morgan fingerprint density at radius 2 is 1.84 bits per heavy atom. The van der Waals surface area contributed by atoms with Gasteiger partial charge in [0.2, 0.25) is 0 Å². The molecule has 0 aliphatic carbocycles. The summed E-state index contributed by atoms with van der Waals surface area (Å²) in [6.07, 6.45) is 2.69. The first-order valence-corrected chi connectivity index (χ1v) is 11.5. The molecule has 2 aliphatic heterocycles. The van der Waals surface area contributed by atoms with Gasteiger partial charge < -0.3 is 15.0 Å². The van der Waals surface area contributed by atoms with Crippen molar-refractivity contribution in [1.82, 2.24) is 10.2 Å². The molecule has 1 spiro atoms. The molecule has 0 saturated carbocycles. The van der Waals surface area contributed by atoms with Gasteiger partial charge in [-0.3, -0.25) is 4.79 Å². The van der Waals surface area contributed by atoms with Crippen LogP contribution in [0.15, 0.2) is 60.7 Å². The first-order valence-electron chi connectivity index (χ1n) is 10.6. The number of nitrogens with zero attached hydrogens (tertiary/aromatic N) is 1. The zero-order chi connectivity index (χ0) is 21.4. The number of nitrogens with one attached hydrogen (secondary N) is 1. The van der Waals surface area contributed by atoms with Crippen LogP contribution < -0.4 is 10.1 Å². The third-order valence-electron chi connectivity index (χ3n) is 6.36. The lowest BCUT2D eigenvalue weighted by molar-refractivity contribution is -0.0195. The molecule has 31 heavy (non-hydrogen) atoms. The number of thiophene rings is 1. The van der Waals surface area contributed by atoms with E-state index in [0.717, 1.165) is 54.1 Å². The number of likely N-dealkylation sites (tertiary alicyclic amines) is 1. The van der Waals surface area contributed by atoms with Crippen LogP contribution in [-0.4, -0.2) is 36.5 Å². The number of piperidine rings is 1. The van der Waals surface area contributed by atoms with E-state index in [-0.39, 0.29) is 23.4 Å². The van der Waals surface area contributed by atoms with Crippen molar-refractivity contribution in [3.63, 3.8) is 0 Å². The third-order valence-corrected chi connectivity index (χ3v) is 7.49. The molecule has 3 heterocycles. The Hall–Kier alpha value is -2.70. The molecule has 2 aromatic carbocycles.